The molecular weight excluding hydrogens is 216 g/mol. The molecule has 0 saturated carbocycles. The SMILES string of the molecule is CN1c2ccc(C#N)cc2NC(=O)C1CCN. The van der Waals surface area contributed by atoms with Crippen LogP contribution in [0, 0.1) is 11.3 Å². The van der Waals surface area contributed by atoms with E-state index in [1.165, 1.54) is 0 Å². The molecule has 88 valence electrons. The normalized spacial score (nSPS) is 18.3. The van der Waals surface area contributed by atoms with Crippen LogP contribution in [0.25, 0.3) is 0 Å². The average molecular weight is 230 g/mol. The standard InChI is InChI=1S/C12H14N4O/c1-16-10-3-2-8(7-14)6-9(10)15-12(17)11(16)4-5-13/h2-3,6,11H,4-5,13H2,1H3,(H,15,17). The van der Waals surface area contributed by atoms with Gasteiger partial charge in [0.1, 0.15) is 6.04 Å². The first kappa shape index (κ1) is 11.4. The zero-order valence-corrected chi connectivity index (χ0v) is 9.60. The van der Waals surface area contributed by atoms with Crippen molar-refractivity contribution in [2.24, 2.45) is 5.73 Å². The number of anilines is 2. The third kappa shape index (κ3) is 1.95. The highest BCUT2D eigenvalue weighted by atomic mass is 16.2. The molecule has 1 amide bonds. The fourth-order valence-corrected chi connectivity index (χ4v) is 2.06. The number of nitrogens with two attached hydrogens (primary N) is 1. The van der Waals surface area contributed by atoms with E-state index >= 15 is 0 Å². The molecule has 1 aromatic rings. The number of nitriles is 1. The highest BCUT2D eigenvalue weighted by Gasteiger charge is 2.29. The van der Waals surface area contributed by atoms with E-state index in [9.17, 15) is 4.79 Å². The van der Waals surface area contributed by atoms with E-state index in [2.05, 4.69) is 11.4 Å². The molecule has 0 radical (unpaired) electrons. The monoisotopic (exact) mass is 230 g/mol. The van der Waals surface area contributed by atoms with Crippen LogP contribution < -0.4 is 16.0 Å². The van der Waals surface area contributed by atoms with Gasteiger partial charge in [0.05, 0.1) is 23.0 Å². The lowest BCUT2D eigenvalue weighted by atomic mass is 10.0. The maximum atomic E-state index is 11.9. The van der Waals surface area contributed by atoms with Gasteiger partial charge in [-0.05, 0) is 31.2 Å². The van der Waals surface area contributed by atoms with Gasteiger partial charge < -0.3 is 16.0 Å². The van der Waals surface area contributed by atoms with Gasteiger partial charge in [0.15, 0.2) is 0 Å². The van der Waals surface area contributed by atoms with Gasteiger partial charge in [-0.2, -0.15) is 5.26 Å². The number of amides is 1. The molecule has 1 heterocycles. The predicted octanol–water partition coefficient (Wildman–Crippen LogP) is 0.664. The van der Waals surface area contributed by atoms with E-state index < -0.39 is 0 Å². The minimum atomic E-state index is -0.236. The van der Waals surface area contributed by atoms with E-state index in [1.54, 1.807) is 12.1 Å². The summed E-state index contributed by atoms with van der Waals surface area (Å²) in [4.78, 5) is 13.8. The Balaban J connectivity index is 2.39. The highest BCUT2D eigenvalue weighted by Crippen LogP contribution is 2.32. The summed E-state index contributed by atoms with van der Waals surface area (Å²) in [6, 6.07) is 7.09. The zero-order valence-electron chi connectivity index (χ0n) is 9.60. The van der Waals surface area contributed by atoms with Crippen molar-refractivity contribution >= 4 is 17.3 Å². The van der Waals surface area contributed by atoms with Crippen LogP contribution in [0.2, 0.25) is 0 Å². The van der Waals surface area contributed by atoms with Crippen LogP contribution in [-0.2, 0) is 4.79 Å². The summed E-state index contributed by atoms with van der Waals surface area (Å²) >= 11 is 0. The Morgan fingerprint density at radius 2 is 2.35 bits per heavy atom. The first-order chi connectivity index (χ1) is 8.17. The molecular formula is C12H14N4O. The molecule has 0 spiro atoms. The molecule has 1 unspecified atom stereocenters. The molecule has 17 heavy (non-hydrogen) atoms. The van der Waals surface area contributed by atoms with Crippen LogP contribution in [-0.4, -0.2) is 25.5 Å². The average Bonchev–Trinajstić information content (AvgIpc) is 2.33. The number of fused-ring (bicyclic) bond motifs is 1. The van der Waals surface area contributed by atoms with E-state index in [1.807, 2.05) is 18.0 Å². The molecule has 1 aliphatic heterocycles. The van der Waals surface area contributed by atoms with Gasteiger partial charge in [-0.1, -0.05) is 0 Å². The number of nitrogens with zero attached hydrogens (tertiary/aromatic N) is 2. The van der Waals surface area contributed by atoms with E-state index in [0.717, 1.165) is 5.69 Å². The Bertz CT molecular complexity index is 492. The van der Waals surface area contributed by atoms with Gasteiger partial charge in [-0.15, -0.1) is 0 Å². The summed E-state index contributed by atoms with van der Waals surface area (Å²) in [5.41, 5.74) is 7.64. The lowest BCUT2D eigenvalue weighted by Crippen LogP contribution is -2.47. The van der Waals surface area contributed by atoms with Crippen molar-refractivity contribution in [1.29, 1.82) is 5.26 Å². The number of benzene rings is 1. The van der Waals surface area contributed by atoms with Crippen molar-refractivity contribution in [1.82, 2.24) is 0 Å². The number of hydrogen-bond acceptors (Lipinski definition) is 4. The van der Waals surface area contributed by atoms with Gasteiger partial charge in [-0.3, -0.25) is 4.79 Å². The molecule has 0 aliphatic carbocycles. The van der Waals surface area contributed by atoms with E-state index in [4.69, 9.17) is 11.0 Å². The number of hydrogen-bond donors (Lipinski definition) is 2. The molecule has 0 aromatic heterocycles. The zero-order chi connectivity index (χ0) is 12.4. The maximum absolute atomic E-state index is 11.9. The highest BCUT2D eigenvalue weighted by molar-refractivity contribution is 6.03. The molecule has 0 bridgehead atoms. The van der Waals surface area contributed by atoms with E-state index in [0.29, 0.717) is 24.2 Å². The summed E-state index contributed by atoms with van der Waals surface area (Å²) in [5.74, 6) is -0.0689. The Morgan fingerprint density at radius 1 is 1.59 bits per heavy atom. The second-order valence-electron chi connectivity index (χ2n) is 4.04. The molecule has 2 rings (SSSR count). The lowest BCUT2D eigenvalue weighted by Gasteiger charge is -2.35. The molecule has 0 saturated heterocycles. The Hall–Kier alpha value is -2.06. The first-order valence-electron chi connectivity index (χ1n) is 5.45. The fraction of sp³-hybridized carbons (Fsp3) is 0.333. The minimum Gasteiger partial charge on any atom is -0.361 e. The predicted molar refractivity (Wildman–Crippen MR) is 65.6 cm³/mol. The quantitative estimate of drug-likeness (QED) is 0.782. The van der Waals surface area contributed by atoms with Crippen molar-refractivity contribution in [2.75, 3.05) is 23.8 Å². The smallest absolute Gasteiger partial charge is 0.247 e. The maximum Gasteiger partial charge on any atom is 0.247 e. The summed E-state index contributed by atoms with van der Waals surface area (Å²) < 4.78 is 0. The molecule has 0 fully saturated rings. The third-order valence-electron chi connectivity index (χ3n) is 2.97. The Morgan fingerprint density at radius 3 is 3.00 bits per heavy atom. The topological polar surface area (TPSA) is 82.2 Å². The van der Waals surface area contributed by atoms with Crippen LogP contribution in [0.5, 0.6) is 0 Å². The minimum absolute atomic E-state index is 0.0689. The van der Waals surface area contributed by atoms with Gasteiger partial charge in [-0.25, -0.2) is 0 Å². The van der Waals surface area contributed by atoms with Gasteiger partial charge in [0, 0.05) is 7.05 Å². The van der Waals surface area contributed by atoms with Crippen molar-refractivity contribution in [3.63, 3.8) is 0 Å². The van der Waals surface area contributed by atoms with Crippen molar-refractivity contribution < 1.29 is 4.79 Å². The Kier molecular flexibility index (Phi) is 2.98. The number of rotatable bonds is 2. The number of likely N-dealkylation sites (N-methyl/N-ethyl adjacent to an activating group) is 1. The van der Waals surface area contributed by atoms with Gasteiger partial charge in [0.2, 0.25) is 5.91 Å². The number of carbonyl (C=O) groups is 1. The molecule has 1 aromatic carbocycles. The van der Waals surface area contributed by atoms with Crippen LogP contribution in [0.1, 0.15) is 12.0 Å². The molecule has 3 N–H and O–H groups in total. The molecule has 1 aliphatic rings. The van der Waals surface area contributed by atoms with Gasteiger partial charge >= 0.3 is 0 Å². The molecule has 5 heteroatoms. The van der Waals surface area contributed by atoms with Crippen LogP contribution in [0.4, 0.5) is 11.4 Å². The summed E-state index contributed by atoms with van der Waals surface area (Å²) in [5, 5.41) is 11.6. The summed E-state index contributed by atoms with van der Waals surface area (Å²) in [6.07, 6.45) is 0.613. The number of nitrogens with one attached hydrogen (secondary N) is 1. The summed E-state index contributed by atoms with van der Waals surface area (Å²) in [6.45, 7) is 0.466. The van der Waals surface area contributed by atoms with E-state index in [-0.39, 0.29) is 11.9 Å². The molecule has 5 nitrogen and oxygen atoms in total. The Labute approximate surface area is 99.8 Å². The van der Waals surface area contributed by atoms with Crippen molar-refractivity contribution in [3.05, 3.63) is 23.8 Å². The van der Waals surface area contributed by atoms with Crippen molar-refractivity contribution in [2.45, 2.75) is 12.5 Å². The largest absolute Gasteiger partial charge is 0.361 e. The van der Waals surface area contributed by atoms with Crippen LogP contribution in [0.15, 0.2) is 18.2 Å². The second kappa shape index (κ2) is 4.44. The van der Waals surface area contributed by atoms with Crippen molar-refractivity contribution in [3.8, 4) is 6.07 Å². The second-order valence-corrected chi connectivity index (χ2v) is 4.04. The first-order valence-corrected chi connectivity index (χ1v) is 5.45. The number of carbonyl (C=O) groups excluding carboxylic acids is 1. The summed E-state index contributed by atoms with van der Waals surface area (Å²) in [7, 11) is 1.87. The van der Waals surface area contributed by atoms with Crippen LogP contribution in [0.3, 0.4) is 0 Å². The fourth-order valence-electron chi connectivity index (χ4n) is 2.06. The van der Waals surface area contributed by atoms with Gasteiger partial charge in [0.25, 0.3) is 0 Å². The van der Waals surface area contributed by atoms with Crippen LogP contribution >= 0.6 is 0 Å². The molecule has 1 atom stereocenters. The third-order valence-corrected chi connectivity index (χ3v) is 2.97. The lowest BCUT2D eigenvalue weighted by molar-refractivity contribution is -0.117.